The minimum Gasteiger partial charge on any atom is -0.497 e. The molecule has 2 fully saturated rings. The first-order chi connectivity index (χ1) is 23.1. The highest BCUT2D eigenvalue weighted by molar-refractivity contribution is 7.93. The number of rotatable bonds is 8. The number of fused-ring (bicyclic) bond motifs is 1. The predicted octanol–water partition coefficient (Wildman–Crippen LogP) is 3.14. The molecule has 2 atom stereocenters. The Balaban J connectivity index is 1.63. The summed E-state index contributed by atoms with van der Waals surface area (Å²) in [6, 6.07) is 14.5. The molecule has 0 spiro atoms. The lowest BCUT2D eigenvalue weighted by Gasteiger charge is -2.50. The van der Waals surface area contributed by atoms with Crippen molar-refractivity contribution in [1.82, 2.24) is 19.7 Å². The van der Waals surface area contributed by atoms with Gasteiger partial charge in [0.05, 0.1) is 42.0 Å². The molecule has 2 saturated heterocycles. The number of hydrogen-bond donors (Lipinski definition) is 1. The monoisotopic (exact) mass is 674 g/mol. The summed E-state index contributed by atoms with van der Waals surface area (Å²) in [7, 11) is -1.04. The number of sulfonamides is 1. The maximum atomic E-state index is 15.5. The molecule has 2 unspecified atom stereocenters. The van der Waals surface area contributed by atoms with Gasteiger partial charge in [0.2, 0.25) is 5.88 Å². The van der Waals surface area contributed by atoms with E-state index >= 15 is 4.79 Å². The number of nitrogens with zero attached hydrogens (tertiary/aromatic N) is 6. The number of carboxylic acid groups (broad SMARTS) is 1. The summed E-state index contributed by atoms with van der Waals surface area (Å²) in [5.41, 5.74) is -1.33. The Labute approximate surface area is 279 Å². The molecule has 2 amide bonds. The number of piperidine rings is 1. The van der Waals surface area contributed by atoms with Crippen molar-refractivity contribution in [3.05, 3.63) is 77.5 Å². The molecular formula is C34H38N6O7S. The Bertz CT molecular complexity index is 1860. The molecule has 1 N–H and O–H groups in total. The van der Waals surface area contributed by atoms with Crippen LogP contribution in [0, 0.1) is 11.3 Å². The van der Waals surface area contributed by atoms with E-state index in [1.807, 2.05) is 0 Å². The summed E-state index contributed by atoms with van der Waals surface area (Å²) in [4.78, 5) is 38.6. The Kier molecular flexibility index (Phi) is 9.04. The van der Waals surface area contributed by atoms with Gasteiger partial charge in [0.25, 0.3) is 15.9 Å². The second-order valence-corrected chi connectivity index (χ2v) is 14.0. The maximum absolute atomic E-state index is 15.5. The third kappa shape index (κ3) is 5.41. The van der Waals surface area contributed by atoms with Gasteiger partial charge in [-0.25, -0.2) is 22.5 Å². The Morgan fingerprint density at radius 2 is 1.81 bits per heavy atom. The van der Waals surface area contributed by atoms with Crippen molar-refractivity contribution in [2.24, 2.45) is 0 Å². The number of methoxy groups -OCH3 is 1. The van der Waals surface area contributed by atoms with Crippen LogP contribution in [-0.4, -0.2) is 111 Å². The number of nitriles is 1. The summed E-state index contributed by atoms with van der Waals surface area (Å²) in [6.45, 7) is 4.36. The molecule has 0 aliphatic carbocycles. The van der Waals surface area contributed by atoms with Gasteiger partial charge in [0.1, 0.15) is 11.2 Å². The Morgan fingerprint density at radius 3 is 2.46 bits per heavy atom. The number of ether oxygens (including phenoxy) is 2. The quantitative estimate of drug-likeness (QED) is 0.375. The number of aromatic nitrogens is 1. The molecule has 252 valence electrons. The van der Waals surface area contributed by atoms with Gasteiger partial charge in [-0.3, -0.25) is 9.69 Å². The summed E-state index contributed by atoms with van der Waals surface area (Å²) < 4.78 is 41.0. The van der Waals surface area contributed by atoms with E-state index in [1.165, 1.54) is 60.7 Å². The number of carbonyl (C=O) groups is 2. The number of pyridine rings is 1. The highest BCUT2D eigenvalue weighted by Crippen LogP contribution is 2.54. The third-order valence-electron chi connectivity index (χ3n) is 9.73. The standard InChI is InChI=1S/C34H38N6O7S/c1-4-47-31-27(6-5-15-36-31)34(30-22-38(18-19-39(30)33(42)43)24-13-16-37(2)17-14-24)28-20-23(21-35)7-12-29(28)40(32(34)41)48(44,45)26-10-8-25(46-3)9-11-26/h5-12,15,20,24,30H,4,13-14,16-19,22H2,1-3H3,(H,42,43). The highest BCUT2D eigenvalue weighted by Gasteiger charge is 2.64. The fraction of sp³-hybridized carbons (Fsp3) is 0.412. The summed E-state index contributed by atoms with van der Waals surface area (Å²) in [5, 5.41) is 20.7. The molecule has 2 aromatic carbocycles. The zero-order valence-electron chi connectivity index (χ0n) is 27.1. The highest BCUT2D eigenvalue weighted by atomic mass is 32.2. The second-order valence-electron chi connectivity index (χ2n) is 12.2. The Hall–Kier alpha value is -4.71. The zero-order valence-corrected chi connectivity index (χ0v) is 27.9. The average Bonchev–Trinajstić information content (AvgIpc) is 3.36. The van der Waals surface area contributed by atoms with Crippen LogP contribution in [0.3, 0.4) is 0 Å². The minimum atomic E-state index is -4.57. The molecule has 13 nitrogen and oxygen atoms in total. The molecule has 0 radical (unpaired) electrons. The molecule has 1 aromatic heterocycles. The molecule has 3 aliphatic rings. The molecule has 0 bridgehead atoms. The van der Waals surface area contributed by atoms with Gasteiger partial charge in [-0.1, -0.05) is 6.07 Å². The van der Waals surface area contributed by atoms with Crippen molar-refractivity contribution in [1.29, 1.82) is 5.26 Å². The van der Waals surface area contributed by atoms with Crippen molar-refractivity contribution >= 4 is 27.7 Å². The summed E-state index contributed by atoms with van der Waals surface area (Å²) >= 11 is 0. The van der Waals surface area contributed by atoms with E-state index in [-0.39, 0.29) is 58.9 Å². The molecule has 4 heterocycles. The minimum absolute atomic E-state index is 0.0304. The summed E-state index contributed by atoms with van der Waals surface area (Å²) in [5.74, 6) is -0.369. The average molecular weight is 675 g/mol. The number of hydrogen-bond acceptors (Lipinski definition) is 10. The number of carbonyl (C=O) groups excluding carboxylic acids is 1. The summed E-state index contributed by atoms with van der Waals surface area (Å²) in [6.07, 6.45) is 1.98. The molecule has 14 heteroatoms. The van der Waals surface area contributed by atoms with E-state index in [1.54, 1.807) is 19.1 Å². The van der Waals surface area contributed by atoms with Crippen molar-refractivity contribution in [3.8, 4) is 17.7 Å². The van der Waals surface area contributed by atoms with E-state index in [0.29, 0.717) is 12.3 Å². The van der Waals surface area contributed by atoms with Crippen molar-refractivity contribution < 1.29 is 32.6 Å². The number of anilines is 1. The first-order valence-corrected chi connectivity index (χ1v) is 17.3. The first kappa shape index (κ1) is 33.2. The van der Waals surface area contributed by atoms with Crippen LogP contribution in [0.15, 0.2) is 65.7 Å². The van der Waals surface area contributed by atoms with Crippen molar-refractivity contribution in [3.63, 3.8) is 0 Å². The fourth-order valence-corrected chi connectivity index (χ4v) is 8.85. The topological polar surface area (TPSA) is 157 Å². The van der Waals surface area contributed by atoms with Crippen LogP contribution in [0.1, 0.15) is 36.5 Å². The molecule has 3 aromatic rings. The van der Waals surface area contributed by atoms with Crippen LogP contribution in [0.4, 0.5) is 10.5 Å². The van der Waals surface area contributed by atoms with Crippen molar-refractivity contribution in [2.75, 3.05) is 57.8 Å². The van der Waals surface area contributed by atoms with Crippen LogP contribution in [0.25, 0.3) is 0 Å². The molecule has 3 aliphatic heterocycles. The smallest absolute Gasteiger partial charge is 0.407 e. The number of likely N-dealkylation sites (tertiary alicyclic amines) is 1. The van der Waals surface area contributed by atoms with Gasteiger partial charge in [-0.2, -0.15) is 5.26 Å². The number of amides is 2. The zero-order chi connectivity index (χ0) is 34.2. The van der Waals surface area contributed by atoms with E-state index in [9.17, 15) is 23.6 Å². The van der Waals surface area contributed by atoms with Crippen LogP contribution < -0.4 is 13.8 Å². The first-order valence-electron chi connectivity index (χ1n) is 15.9. The maximum Gasteiger partial charge on any atom is 0.407 e. The van der Waals surface area contributed by atoms with Crippen LogP contribution in [0.2, 0.25) is 0 Å². The van der Waals surface area contributed by atoms with Gasteiger partial charge >= 0.3 is 6.09 Å². The largest absolute Gasteiger partial charge is 0.497 e. The fourth-order valence-electron chi connectivity index (χ4n) is 7.37. The van der Waals surface area contributed by atoms with Gasteiger partial charge in [0, 0.05) is 43.0 Å². The van der Waals surface area contributed by atoms with Gasteiger partial charge in [0.15, 0.2) is 0 Å². The predicted molar refractivity (Wildman–Crippen MR) is 176 cm³/mol. The third-order valence-corrected chi connectivity index (χ3v) is 11.4. The molecular weight excluding hydrogens is 636 g/mol. The van der Waals surface area contributed by atoms with Crippen LogP contribution in [0.5, 0.6) is 11.6 Å². The molecule has 0 saturated carbocycles. The molecule has 48 heavy (non-hydrogen) atoms. The van der Waals surface area contributed by atoms with Crippen LogP contribution >= 0.6 is 0 Å². The lowest BCUT2D eigenvalue weighted by atomic mass is 9.68. The van der Waals surface area contributed by atoms with E-state index in [2.05, 4.69) is 27.9 Å². The second kappa shape index (κ2) is 13.1. The van der Waals surface area contributed by atoms with Gasteiger partial charge in [-0.05, 0) is 88.4 Å². The number of piperazine rings is 1. The lowest BCUT2D eigenvalue weighted by Crippen LogP contribution is -2.67. The van der Waals surface area contributed by atoms with Gasteiger partial charge in [-0.15, -0.1) is 0 Å². The normalized spacial score (nSPS) is 22.3. The SMILES string of the molecule is CCOc1ncccc1C1(C2CN(C3CCN(C)CC3)CCN2C(=O)O)C(=O)N(S(=O)(=O)c2ccc(OC)cc2)c2ccc(C#N)cc21. The van der Waals surface area contributed by atoms with Crippen molar-refractivity contribution in [2.45, 2.75) is 42.2 Å². The lowest BCUT2D eigenvalue weighted by molar-refractivity contribution is -0.124. The van der Waals surface area contributed by atoms with Crippen LogP contribution in [-0.2, 0) is 20.2 Å². The van der Waals surface area contributed by atoms with Gasteiger partial charge < -0.3 is 24.4 Å². The Morgan fingerprint density at radius 1 is 1.08 bits per heavy atom. The molecule has 6 rings (SSSR count). The van der Waals surface area contributed by atoms with E-state index < -0.39 is 33.5 Å². The number of benzene rings is 2. The van der Waals surface area contributed by atoms with E-state index in [0.717, 1.165) is 30.2 Å². The van der Waals surface area contributed by atoms with E-state index in [4.69, 9.17) is 9.47 Å².